The summed E-state index contributed by atoms with van der Waals surface area (Å²) in [6, 6.07) is 6.64. The van der Waals surface area contributed by atoms with Crippen molar-refractivity contribution in [1.29, 1.82) is 0 Å². The second-order valence-electron chi connectivity index (χ2n) is 11.2. The lowest BCUT2D eigenvalue weighted by molar-refractivity contribution is -0.167. The molecule has 1 heterocycles. The number of hydrogen-bond acceptors (Lipinski definition) is 8. The third-order valence-electron chi connectivity index (χ3n) is 7.20. The van der Waals surface area contributed by atoms with Crippen LogP contribution in [0.2, 0.25) is 0 Å². The third-order valence-corrected chi connectivity index (χ3v) is 8.43. The largest absolute Gasteiger partial charge is 0.462 e. The number of nitrogens with one attached hydrogen (secondary N) is 1. The molecule has 2 unspecified atom stereocenters. The molecule has 2 rings (SSSR count). The average molecular weight is 591 g/mol. The first-order valence-electron chi connectivity index (χ1n) is 14.1. The maximum atomic E-state index is 12.8. The predicted molar refractivity (Wildman–Crippen MR) is 160 cm³/mol. The van der Waals surface area contributed by atoms with Crippen LogP contribution in [0, 0.1) is 12.8 Å². The van der Waals surface area contributed by atoms with E-state index in [0.29, 0.717) is 32.3 Å². The second-order valence-corrected chi connectivity index (χ2v) is 12.9. The minimum Gasteiger partial charge on any atom is -0.462 e. The molecule has 1 fully saturated rings. The number of carbonyl (C=O) groups is 2. The van der Waals surface area contributed by atoms with E-state index in [9.17, 15) is 18.0 Å². The molecule has 1 aromatic carbocycles. The van der Waals surface area contributed by atoms with Crippen LogP contribution in [-0.4, -0.2) is 51.0 Å². The first-order chi connectivity index (χ1) is 19.2. The summed E-state index contributed by atoms with van der Waals surface area (Å²) in [5.74, 6) is -0.710. The Labute approximate surface area is 245 Å². The molecular formula is C31H46N2O7S. The van der Waals surface area contributed by atoms with E-state index >= 15 is 0 Å². The number of aryl methyl sites for hydroxylation is 1. The maximum absolute atomic E-state index is 12.8. The summed E-state index contributed by atoms with van der Waals surface area (Å²) < 4.78 is 42.7. The fraction of sp³-hybridized carbons (Fsp3) is 0.581. The van der Waals surface area contributed by atoms with E-state index in [1.54, 1.807) is 24.3 Å². The average Bonchev–Trinajstić information content (AvgIpc) is 3.02. The van der Waals surface area contributed by atoms with Crippen molar-refractivity contribution in [3.63, 3.8) is 0 Å². The Morgan fingerprint density at radius 2 is 1.85 bits per heavy atom. The van der Waals surface area contributed by atoms with Gasteiger partial charge in [0.25, 0.3) is 10.0 Å². The highest BCUT2D eigenvalue weighted by molar-refractivity contribution is 7.89. The van der Waals surface area contributed by atoms with Crippen molar-refractivity contribution in [3.05, 3.63) is 53.1 Å². The molecule has 0 amide bonds. The minimum absolute atomic E-state index is 0.00735. The van der Waals surface area contributed by atoms with E-state index in [1.807, 2.05) is 46.8 Å². The van der Waals surface area contributed by atoms with Crippen LogP contribution in [0.5, 0.6) is 0 Å². The monoisotopic (exact) mass is 590 g/mol. The molecule has 0 bridgehead atoms. The Balaban J connectivity index is 2.13. The van der Waals surface area contributed by atoms with E-state index in [4.69, 9.17) is 14.2 Å². The van der Waals surface area contributed by atoms with Crippen LogP contribution in [0.3, 0.4) is 0 Å². The normalized spacial score (nSPS) is 21.5. The molecule has 41 heavy (non-hydrogen) atoms. The smallest absolute Gasteiger partial charge is 0.303 e. The predicted octanol–water partition coefficient (Wildman–Crippen LogP) is 5.78. The molecule has 1 saturated heterocycles. The molecular weight excluding hydrogens is 544 g/mol. The third kappa shape index (κ3) is 11.8. The Hall–Kier alpha value is -2.98. The zero-order valence-corrected chi connectivity index (χ0v) is 26.3. The van der Waals surface area contributed by atoms with Gasteiger partial charge in [-0.3, -0.25) is 9.59 Å². The van der Waals surface area contributed by atoms with E-state index in [0.717, 1.165) is 35.3 Å². The maximum Gasteiger partial charge on any atom is 0.303 e. The standard InChI is InChI=1S/C31H46N2O7S/c1-22(2)10-16-29(32-33-41(36,37)28-14-11-23(3)12-15-28)24(4)9-8-19-31(7)30(40-26(6)35)17-13-27(21-39-31)18-20-38-25(5)34/h10-12,14-15,18,24,30,33H,8-9,13,16-17,19-21H2,1-7H3/t24?,30-,31?/m1/s1. The van der Waals surface area contributed by atoms with Crippen LogP contribution >= 0.6 is 0 Å². The molecule has 228 valence electrons. The first-order valence-corrected chi connectivity index (χ1v) is 15.6. The number of hydrazone groups is 1. The summed E-state index contributed by atoms with van der Waals surface area (Å²) in [6.07, 6.45) is 7.39. The van der Waals surface area contributed by atoms with Gasteiger partial charge in [0, 0.05) is 26.0 Å². The quantitative estimate of drug-likeness (QED) is 0.134. The van der Waals surface area contributed by atoms with Gasteiger partial charge in [0.05, 0.1) is 11.5 Å². The van der Waals surface area contributed by atoms with Crippen molar-refractivity contribution < 1.29 is 32.2 Å². The molecule has 0 spiro atoms. The number of rotatable bonds is 13. The van der Waals surface area contributed by atoms with Gasteiger partial charge in [-0.25, -0.2) is 4.83 Å². The van der Waals surface area contributed by atoms with Gasteiger partial charge >= 0.3 is 11.9 Å². The van der Waals surface area contributed by atoms with Crippen molar-refractivity contribution in [2.75, 3.05) is 13.2 Å². The fourth-order valence-electron chi connectivity index (χ4n) is 4.58. The van der Waals surface area contributed by atoms with Crippen LogP contribution in [0.1, 0.15) is 85.6 Å². The molecule has 0 aromatic heterocycles. The van der Waals surface area contributed by atoms with Gasteiger partial charge < -0.3 is 14.2 Å². The summed E-state index contributed by atoms with van der Waals surface area (Å²) in [7, 11) is -3.79. The molecule has 10 heteroatoms. The van der Waals surface area contributed by atoms with Gasteiger partial charge in [-0.2, -0.15) is 13.5 Å². The van der Waals surface area contributed by atoms with Crippen LogP contribution in [0.25, 0.3) is 0 Å². The number of nitrogens with zero attached hydrogens (tertiary/aromatic N) is 1. The highest BCUT2D eigenvalue weighted by atomic mass is 32.2. The van der Waals surface area contributed by atoms with E-state index in [-0.39, 0.29) is 29.4 Å². The number of esters is 2. The lowest BCUT2D eigenvalue weighted by atomic mass is 9.87. The van der Waals surface area contributed by atoms with Gasteiger partial charge in [0.1, 0.15) is 18.3 Å². The lowest BCUT2D eigenvalue weighted by Gasteiger charge is -2.35. The van der Waals surface area contributed by atoms with Crippen molar-refractivity contribution in [2.24, 2.45) is 11.0 Å². The Morgan fingerprint density at radius 1 is 1.17 bits per heavy atom. The molecule has 0 radical (unpaired) electrons. The van der Waals surface area contributed by atoms with Crippen molar-refractivity contribution in [1.82, 2.24) is 4.83 Å². The highest BCUT2D eigenvalue weighted by Gasteiger charge is 2.39. The Morgan fingerprint density at radius 3 is 2.46 bits per heavy atom. The van der Waals surface area contributed by atoms with Gasteiger partial charge in [-0.15, -0.1) is 0 Å². The number of hydrogen-bond donors (Lipinski definition) is 1. The summed E-state index contributed by atoms with van der Waals surface area (Å²) in [5.41, 5.74) is 3.12. The highest BCUT2D eigenvalue weighted by Crippen LogP contribution is 2.34. The molecule has 1 N–H and O–H groups in total. The fourth-order valence-corrected chi connectivity index (χ4v) is 5.42. The Kier molecular flexibility index (Phi) is 13.2. The van der Waals surface area contributed by atoms with E-state index in [2.05, 4.69) is 9.93 Å². The van der Waals surface area contributed by atoms with E-state index in [1.165, 1.54) is 13.8 Å². The zero-order valence-electron chi connectivity index (χ0n) is 25.5. The first kappa shape index (κ1) is 34.2. The molecule has 1 aliphatic rings. The molecule has 0 aliphatic carbocycles. The zero-order chi connectivity index (χ0) is 30.6. The number of ether oxygens (including phenoxy) is 3. The topological polar surface area (TPSA) is 120 Å². The van der Waals surface area contributed by atoms with Crippen LogP contribution in [-0.2, 0) is 33.8 Å². The number of carbonyl (C=O) groups excluding carboxylic acids is 2. The van der Waals surface area contributed by atoms with Crippen molar-refractivity contribution >= 4 is 27.7 Å². The molecule has 0 saturated carbocycles. The van der Waals surface area contributed by atoms with Gasteiger partial charge in [0.2, 0.25) is 0 Å². The summed E-state index contributed by atoms with van der Waals surface area (Å²) >= 11 is 0. The summed E-state index contributed by atoms with van der Waals surface area (Å²) in [6.45, 7) is 13.2. The van der Waals surface area contributed by atoms with Gasteiger partial charge in [0.15, 0.2) is 0 Å². The van der Waals surface area contributed by atoms with Gasteiger partial charge in [-0.1, -0.05) is 36.3 Å². The van der Waals surface area contributed by atoms with Gasteiger partial charge in [-0.05, 0) is 89.5 Å². The van der Waals surface area contributed by atoms with Crippen LogP contribution in [0.4, 0.5) is 0 Å². The minimum atomic E-state index is -3.79. The van der Waals surface area contributed by atoms with E-state index < -0.39 is 21.7 Å². The van der Waals surface area contributed by atoms with Crippen molar-refractivity contribution in [2.45, 2.75) is 104 Å². The molecule has 9 nitrogen and oxygen atoms in total. The van der Waals surface area contributed by atoms with Crippen LogP contribution < -0.4 is 4.83 Å². The second kappa shape index (κ2) is 15.9. The number of benzene rings is 1. The molecule has 3 atom stereocenters. The summed E-state index contributed by atoms with van der Waals surface area (Å²) in [4.78, 5) is 25.6. The SMILES string of the molecule is CC(=O)OCC=C1CC[C@@H](OC(C)=O)C(C)(CCCC(C)C(CC=C(C)C)=NNS(=O)(=O)c2ccc(C)cc2)OC1. The van der Waals surface area contributed by atoms with Crippen molar-refractivity contribution in [3.8, 4) is 0 Å². The lowest BCUT2D eigenvalue weighted by Crippen LogP contribution is -2.43. The number of sulfonamides is 1. The van der Waals surface area contributed by atoms with Crippen LogP contribution in [0.15, 0.2) is 57.6 Å². The number of allylic oxidation sites excluding steroid dienone is 2. The molecule has 1 aliphatic heterocycles. The Bertz CT molecular complexity index is 1230. The molecule has 1 aromatic rings. The summed E-state index contributed by atoms with van der Waals surface area (Å²) in [5, 5.41) is 4.36.